The van der Waals surface area contributed by atoms with Gasteiger partial charge in [-0.2, -0.15) is 21.3 Å². The molecule has 2 aliphatic heterocycles. The van der Waals surface area contributed by atoms with Gasteiger partial charge in [-0.1, -0.05) is 24.1 Å². The van der Waals surface area contributed by atoms with E-state index in [1.807, 2.05) is 43.0 Å². The van der Waals surface area contributed by atoms with E-state index in [0.29, 0.717) is 22.9 Å². The average Bonchev–Trinajstić information content (AvgIpc) is 3.39. The van der Waals surface area contributed by atoms with Gasteiger partial charge in [0, 0.05) is 29.5 Å². The summed E-state index contributed by atoms with van der Waals surface area (Å²) >= 11 is 1.88. The molecule has 2 fully saturated rings. The number of rotatable bonds is 8. The van der Waals surface area contributed by atoms with Crippen molar-refractivity contribution in [1.82, 2.24) is 25.7 Å². The highest BCUT2D eigenvalue weighted by molar-refractivity contribution is 8.00. The van der Waals surface area contributed by atoms with Gasteiger partial charge in [0.1, 0.15) is 0 Å². The van der Waals surface area contributed by atoms with Crippen LogP contribution in [-0.2, 0) is 11.3 Å². The minimum Gasteiger partial charge on any atom is -0.352 e. The third-order valence-corrected chi connectivity index (χ3v) is 7.12. The highest BCUT2D eigenvalue weighted by Gasteiger charge is 2.42. The van der Waals surface area contributed by atoms with Gasteiger partial charge in [-0.25, -0.2) is 9.48 Å². The monoisotopic (exact) mass is 431 g/mol. The summed E-state index contributed by atoms with van der Waals surface area (Å²) < 4.78 is 15.8. The van der Waals surface area contributed by atoms with E-state index in [4.69, 9.17) is 0 Å². The van der Waals surface area contributed by atoms with Crippen LogP contribution in [0, 0.1) is 12.9 Å². The van der Waals surface area contributed by atoms with Crippen LogP contribution in [0.4, 0.5) is 9.18 Å². The number of aromatic nitrogens is 2. The molecule has 4 rings (SSSR count). The van der Waals surface area contributed by atoms with Crippen LogP contribution in [0.3, 0.4) is 0 Å². The number of hydrogen-bond acceptors (Lipinski definition) is 4. The van der Waals surface area contributed by atoms with Crippen LogP contribution in [0.2, 0.25) is 0 Å². The Labute approximate surface area is 179 Å². The molecule has 3 heterocycles. The molecule has 0 saturated carbocycles. The first-order valence-electron chi connectivity index (χ1n) is 10.3. The van der Waals surface area contributed by atoms with Crippen molar-refractivity contribution in [2.24, 2.45) is 0 Å². The minimum atomic E-state index is -0.459. The van der Waals surface area contributed by atoms with Crippen molar-refractivity contribution in [3.05, 3.63) is 47.5 Å². The molecule has 2 saturated heterocycles. The van der Waals surface area contributed by atoms with Gasteiger partial charge in [-0.3, -0.25) is 4.79 Å². The van der Waals surface area contributed by atoms with Crippen LogP contribution in [0.25, 0.3) is 5.69 Å². The van der Waals surface area contributed by atoms with Crippen molar-refractivity contribution in [3.63, 3.8) is 0 Å². The SMILES string of the molecule is Cc1ccc(-n2ncc(CNC(=O)CCCCC3SCC4NC(=O)NC43)c2F)cc1. The molecule has 3 atom stereocenters. The third kappa shape index (κ3) is 4.61. The number of amides is 3. The van der Waals surface area contributed by atoms with E-state index in [1.165, 1.54) is 10.9 Å². The minimum absolute atomic E-state index is 0.0763. The lowest BCUT2D eigenvalue weighted by molar-refractivity contribution is -0.121. The maximum absolute atomic E-state index is 14.6. The summed E-state index contributed by atoms with van der Waals surface area (Å²) in [6.45, 7) is 2.09. The van der Waals surface area contributed by atoms with Crippen molar-refractivity contribution in [2.75, 3.05) is 5.75 Å². The normalized spacial score (nSPS) is 22.5. The highest BCUT2D eigenvalue weighted by Crippen LogP contribution is 2.33. The summed E-state index contributed by atoms with van der Waals surface area (Å²) in [4.78, 5) is 23.5. The largest absolute Gasteiger partial charge is 0.352 e. The number of carbonyl (C=O) groups is 2. The van der Waals surface area contributed by atoms with E-state index in [9.17, 15) is 14.0 Å². The summed E-state index contributed by atoms with van der Waals surface area (Å²) in [6, 6.07) is 7.78. The van der Waals surface area contributed by atoms with Crippen LogP contribution in [0.1, 0.15) is 36.8 Å². The van der Waals surface area contributed by atoms with E-state index in [1.54, 1.807) is 0 Å². The average molecular weight is 432 g/mol. The lowest BCUT2D eigenvalue weighted by Gasteiger charge is -2.16. The fourth-order valence-corrected chi connectivity index (χ4v) is 5.45. The van der Waals surface area contributed by atoms with Gasteiger partial charge in [0.25, 0.3) is 0 Å². The molecule has 0 bridgehead atoms. The second-order valence-electron chi connectivity index (χ2n) is 7.85. The lowest BCUT2D eigenvalue weighted by Crippen LogP contribution is -2.36. The Morgan fingerprint density at radius 2 is 2.10 bits per heavy atom. The van der Waals surface area contributed by atoms with Crippen molar-refractivity contribution in [2.45, 2.75) is 56.5 Å². The number of aryl methyl sites for hydroxylation is 1. The van der Waals surface area contributed by atoms with Gasteiger partial charge in [-0.15, -0.1) is 0 Å². The van der Waals surface area contributed by atoms with Gasteiger partial charge in [0.2, 0.25) is 11.9 Å². The number of unbranched alkanes of at least 4 members (excludes halogenated alkanes) is 1. The van der Waals surface area contributed by atoms with E-state index >= 15 is 0 Å². The molecule has 1 aromatic heterocycles. The number of halogens is 1. The Bertz CT molecular complexity index is 917. The number of nitrogens with one attached hydrogen (secondary N) is 3. The van der Waals surface area contributed by atoms with Crippen molar-refractivity contribution in [1.29, 1.82) is 0 Å². The van der Waals surface area contributed by atoms with Crippen molar-refractivity contribution < 1.29 is 14.0 Å². The summed E-state index contributed by atoms with van der Waals surface area (Å²) in [5, 5.41) is 13.2. The molecule has 9 heteroatoms. The molecule has 7 nitrogen and oxygen atoms in total. The van der Waals surface area contributed by atoms with E-state index < -0.39 is 5.95 Å². The summed E-state index contributed by atoms with van der Waals surface area (Å²) in [6.07, 6.45) is 4.52. The van der Waals surface area contributed by atoms with E-state index in [-0.39, 0.29) is 30.6 Å². The van der Waals surface area contributed by atoms with Gasteiger partial charge >= 0.3 is 6.03 Å². The molecule has 0 radical (unpaired) electrons. The van der Waals surface area contributed by atoms with Crippen LogP contribution in [-0.4, -0.2) is 44.8 Å². The van der Waals surface area contributed by atoms with Gasteiger partial charge in [0.15, 0.2) is 0 Å². The first-order valence-corrected chi connectivity index (χ1v) is 11.3. The molecule has 30 heavy (non-hydrogen) atoms. The van der Waals surface area contributed by atoms with Crippen molar-refractivity contribution in [3.8, 4) is 5.69 Å². The second-order valence-corrected chi connectivity index (χ2v) is 9.12. The fourth-order valence-electron chi connectivity index (χ4n) is 3.91. The number of nitrogens with zero attached hydrogens (tertiary/aromatic N) is 2. The highest BCUT2D eigenvalue weighted by atomic mass is 32.2. The predicted octanol–water partition coefficient (Wildman–Crippen LogP) is 2.66. The molecule has 3 amide bonds. The quantitative estimate of drug-likeness (QED) is 0.443. The lowest BCUT2D eigenvalue weighted by atomic mass is 10.0. The van der Waals surface area contributed by atoms with Gasteiger partial charge in [-0.05, 0) is 31.9 Å². The Hall–Kier alpha value is -2.55. The smallest absolute Gasteiger partial charge is 0.315 e. The van der Waals surface area contributed by atoms with Crippen LogP contribution in [0.5, 0.6) is 0 Å². The van der Waals surface area contributed by atoms with Gasteiger partial charge in [0.05, 0.1) is 24.0 Å². The Morgan fingerprint density at radius 3 is 2.90 bits per heavy atom. The zero-order valence-corrected chi connectivity index (χ0v) is 17.7. The molecule has 3 unspecified atom stereocenters. The third-order valence-electron chi connectivity index (χ3n) is 5.62. The van der Waals surface area contributed by atoms with Crippen molar-refractivity contribution >= 4 is 23.7 Å². The predicted molar refractivity (Wildman–Crippen MR) is 114 cm³/mol. The van der Waals surface area contributed by atoms with Crippen LogP contribution >= 0.6 is 11.8 Å². The number of benzene rings is 1. The summed E-state index contributed by atoms with van der Waals surface area (Å²) in [5.74, 6) is 0.389. The number of fused-ring (bicyclic) bond motifs is 1. The standard InChI is InChI=1S/C21H26FN5O2S/c1-13-6-8-15(9-7-13)27-20(22)14(11-24-27)10-23-18(28)5-3-2-4-17-19-16(12-30-17)25-21(29)26-19/h6-9,11,16-17,19H,2-5,10,12H2,1H3,(H,23,28)(H2,25,26,29). The topological polar surface area (TPSA) is 88.1 Å². The fraction of sp³-hybridized carbons (Fsp3) is 0.476. The summed E-state index contributed by atoms with van der Waals surface area (Å²) in [5.41, 5.74) is 2.10. The first-order chi connectivity index (χ1) is 14.5. The van der Waals surface area contributed by atoms with Crippen LogP contribution in [0.15, 0.2) is 30.5 Å². The first kappa shape index (κ1) is 20.7. The molecule has 2 aliphatic rings. The molecule has 3 N–H and O–H groups in total. The Morgan fingerprint density at radius 1 is 1.30 bits per heavy atom. The zero-order valence-electron chi connectivity index (χ0n) is 16.9. The Kier molecular flexibility index (Phi) is 6.26. The van der Waals surface area contributed by atoms with Crippen LogP contribution < -0.4 is 16.0 Å². The zero-order chi connectivity index (χ0) is 21.1. The number of carbonyl (C=O) groups excluding carboxylic acids is 2. The second kappa shape index (κ2) is 9.07. The molecular formula is C21H26FN5O2S. The molecule has 2 aromatic rings. The van der Waals surface area contributed by atoms with E-state index in [2.05, 4.69) is 21.0 Å². The van der Waals surface area contributed by atoms with E-state index in [0.717, 1.165) is 30.6 Å². The maximum atomic E-state index is 14.6. The molecule has 0 aliphatic carbocycles. The molecule has 1 aromatic carbocycles. The molecule has 0 spiro atoms. The molecular weight excluding hydrogens is 405 g/mol. The van der Waals surface area contributed by atoms with Gasteiger partial charge < -0.3 is 16.0 Å². The number of hydrogen-bond donors (Lipinski definition) is 3. The number of urea groups is 1. The molecule has 160 valence electrons. The summed E-state index contributed by atoms with van der Waals surface area (Å²) in [7, 11) is 0. The maximum Gasteiger partial charge on any atom is 0.315 e. The Balaban J connectivity index is 1.18. The number of thioether (sulfide) groups is 1.